The molecule has 1 rings (SSSR count). The van der Waals surface area contributed by atoms with E-state index in [0.717, 1.165) is 0 Å². The van der Waals surface area contributed by atoms with E-state index in [0.29, 0.717) is 24.5 Å². The lowest BCUT2D eigenvalue weighted by Gasteiger charge is -2.09. The number of halogens is 3. The number of aliphatic hydroxyl groups excluding tert-OH is 1. The fraction of sp³-hybridized carbons (Fsp3) is 0.750. The average molecular weight is 255 g/mol. The zero-order chi connectivity index (χ0) is 12.2. The fourth-order valence-electron chi connectivity index (χ4n) is 0.994. The Hall–Kier alpha value is -0.890. The molecule has 1 atom stereocenters. The number of alkyl halides is 3. The van der Waals surface area contributed by atoms with Crippen molar-refractivity contribution in [1.29, 1.82) is 0 Å². The van der Waals surface area contributed by atoms with Crippen LogP contribution in [0.1, 0.15) is 19.2 Å². The van der Waals surface area contributed by atoms with Gasteiger partial charge in [-0.1, -0.05) is 6.92 Å². The van der Waals surface area contributed by atoms with Crippen molar-refractivity contribution in [2.45, 2.75) is 19.5 Å². The highest BCUT2D eigenvalue weighted by Crippen LogP contribution is 2.28. The van der Waals surface area contributed by atoms with Gasteiger partial charge in [0.25, 0.3) is 0 Å². The zero-order valence-corrected chi connectivity index (χ0v) is 9.40. The molecule has 1 heterocycles. The Kier molecular flexibility index (Phi) is 4.48. The molecule has 0 saturated heterocycles. The number of nitrogens with zero attached hydrogens (tertiary/aromatic N) is 2. The summed E-state index contributed by atoms with van der Waals surface area (Å²) in [5, 5.41) is 11.5. The summed E-state index contributed by atoms with van der Waals surface area (Å²) in [5.41, 5.74) is 0. The molecule has 1 unspecified atom stereocenters. The first-order chi connectivity index (χ1) is 7.43. The van der Waals surface area contributed by atoms with E-state index in [1.807, 2.05) is 6.92 Å². The van der Waals surface area contributed by atoms with Gasteiger partial charge in [-0.2, -0.15) is 22.5 Å². The topological polar surface area (TPSA) is 58.0 Å². The van der Waals surface area contributed by atoms with Gasteiger partial charge in [0, 0.05) is 24.7 Å². The normalized spacial score (nSPS) is 13.8. The number of hydrogen-bond acceptors (Lipinski definition) is 5. The molecule has 1 aromatic rings. The summed E-state index contributed by atoms with van der Waals surface area (Å²) in [6.45, 7) is 2.41. The summed E-state index contributed by atoms with van der Waals surface area (Å²) in [6.07, 6.45) is -3.90. The van der Waals surface area contributed by atoms with E-state index in [2.05, 4.69) is 14.7 Å². The number of rotatable bonds is 5. The molecule has 0 spiro atoms. The van der Waals surface area contributed by atoms with Gasteiger partial charge < -0.3 is 10.4 Å². The van der Waals surface area contributed by atoms with Gasteiger partial charge in [-0.3, -0.25) is 0 Å². The fourth-order valence-corrected chi connectivity index (χ4v) is 1.59. The van der Waals surface area contributed by atoms with Crippen LogP contribution in [0.25, 0.3) is 0 Å². The Morgan fingerprint density at radius 1 is 1.50 bits per heavy atom. The van der Waals surface area contributed by atoms with Gasteiger partial charge in [-0.25, -0.2) is 0 Å². The van der Waals surface area contributed by atoms with E-state index >= 15 is 0 Å². The second-order valence-electron chi connectivity index (χ2n) is 3.42. The van der Waals surface area contributed by atoms with Gasteiger partial charge in [0.05, 0.1) is 0 Å². The Morgan fingerprint density at radius 3 is 2.69 bits per heavy atom. The van der Waals surface area contributed by atoms with Crippen LogP contribution in [-0.2, 0) is 6.18 Å². The van der Waals surface area contributed by atoms with Crippen molar-refractivity contribution in [2.75, 3.05) is 18.5 Å². The second kappa shape index (κ2) is 5.44. The quantitative estimate of drug-likeness (QED) is 0.844. The van der Waals surface area contributed by atoms with Gasteiger partial charge in [0.15, 0.2) is 0 Å². The summed E-state index contributed by atoms with van der Waals surface area (Å²) in [6, 6.07) is 0. The molecule has 0 aliphatic carbocycles. The van der Waals surface area contributed by atoms with Gasteiger partial charge in [-0.05, 0) is 12.3 Å². The molecule has 16 heavy (non-hydrogen) atoms. The van der Waals surface area contributed by atoms with E-state index < -0.39 is 12.0 Å². The average Bonchev–Trinajstić information content (AvgIpc) is 2.63. The van der Waals surface area contributed by atoms with E-state index in [1.54, 1.807) is 0 Å². The van der Waals surface area contributed by atoms with Crippen LogP contribution in [0.2, 0.25) is 0 Å². The van der Waals surface area contributed by atoms with Crippen LogP contribution in [0.3, 0.4) is 0 Å². The molecule has 92 valence electrons. The lowest BCUT2D eigenvalue weighted by atomic mass is 10.1. The summed E-state index contributed by atoms with van der Waals surface area (Å²) in [5.74, 6) is -0.946. The van der Waals surface area contributed by atoms with Gasteiger partial charge in [0.1, 0.15) is 0 Å². The van der Waals surface area contributed by atoms with Gasteiger partial charge >= 0.3 is 6.18 Å². The van der Waals surface area contributed by atoms with Crippen molar-refractivity contribution in [3.63, 3.8) is 0 Å². The van der Waals surface area contributed by atoms with Crippen molar-refractivity contribution in [1.82, 2.24) is 9.36 Å². The minimum absolute atomic E-state index is 0.0623. The predicted octanol–water partition coefficient (Wildman–Crippen LogP) is 1.99. The van der Waals surface area contributed by atoms with Crippen molar-refractivity contribution in [3.8, 4) is 0 Å². The van der Waals surface area contributed by atoms with E-state index in [-0.39, 0.29) is 17.7 Å². The lowest BCUT2D eigenvalue weighted by Crippen LogP contribution is -2.13. The van der Waals surface area contributed by atoms with Crippen LogP contribution in [0.15, 0.2) is 0 Å². The highest BCUT2D eigenvalue weighted by atomic mass is 32.1. The Bertz CT molecular complexity index is 329. The molecule has 0 aliphatic heterocycles. The summed E-state index contributed by atoms with van der Waals surface area (Å²) < 4.78 is 39.6. The van der Waals surface area contributed by atoms with Gasteiger partial charge in [-0.15, -0.1) is 0 Å². The Balaban J connectivity index is 2.47. The Morgan fingerprint density at radius 2 is 2.19 bits per heavy atom. The maximum Gasteiger partial charge on any atom is 0.452 e. The third-order valence-corrected chi connectivity index (χ3v) is 2.58. The van der Waals surface area contributed by atoms with Crippen molar-refractivity contribution < 1.29 is 18.3 Å². The predicted molar refractivity (Wildman–Crippen MR) is 54.3 cm³/mol. The second-order valence-corrected chi connectivity index (χ2v) is 4.17. The molecule has 0 aromatic carbocycles. The van der Waals surface area contributed by atoms with Crippen LogP contribution in [0.5, 0.6) is 0 Å². The first-order valence-corrected chi connectivity index (χ1v) is 5.46. The molecule has 4 nitrogen and oxygen atoms in total. The molecule has 2 N–H and O–H groups in total. The molecular weight excluding hydrogens is 243 g/mol. The molecular formula is C8H12F3N3OS. The number of aromatic nitrogens is 2. The van der Waals surface area contributed by atoms with Crippen molar-refractivity contribution in [3.05, 3.63) is 5.82 Å². The number of nitrogens with one attached hydrogen (secondary N) is 1. The monoisotopic (exact) mass is 255 g/mol. The maximum atomic E-state index is 12.1. The standard InChI is InChI=1S/C8H12F3N3OS/c1-5(2-3-15)4-12-7-13-6(14-16-7)8(9,10)11/h5,15H,2-4H2,1H3,(H,12,13,14). The molecule has 0 radical (unpaired) electrons. The molecule has 0 aliphatic rings. The molecule has 1 aromatic heterocycles. The SMILES string of the molecule is CC(CCO)CNc1nc(C(F)(F)F)ns1. The molecule has 0 bridgehead atoms. The van der Waals surface area contributed by atoms with E-state index in [1.165, 1.54) is 0 Å². The van der Waals surface area contributed by atoms with Crippen LogP contribution in [0.4, 0.5) is 18.3 Å². The van der Waals surface area contributed by atoms with Crippen LogP contribution >= 0.6 is 11.5 Å². The van der Waals surface area contributed by atoms with Gasteiger partial charge in [0.2, 0.25) is 11.0 Å². The van der Waals surface area contributed by atoms with Crippen LogP contribution in [0, 0.1) is 5.92 Å². The summed E-state index contributed by atoms with van der Waals surface area (Å²) in [4.78, 5) is 3.32. The molecule has 0 saturated carbocycles. The minimum atomic E-state index is -4.49. The van der Waals surface area contributed by atoms with Crippen LogP contribution < -0.4 is 5.32 Å². The number of hydrogen-bond donors (Lipinski definition) is 2. The lowest BCUT2D eigenvalue weighted by molar-refractivity contribution is -0.144. The third kappa shape index (κ3) is 3.93. The summed E-state index contributed by atoms with van der Waals surface area (Å²) >= 11 is 0.682. The van der Waals surface area contributed by atoms with E-state index in [4.69, 9.17) is 5.11 Å². The highest BCUT2D eigenvalue weighted by Gasteiger charge is 2.36. The zero-order valence-electron chi connectivity index (χ0n) is 8.58. The first kappa shape index (κ1) is 13.2. The number of anilines is 1. The van der Waals surface area contributed by atoms with E-state index in [9.17, 15) is 13.2 Å². The number of aliphatic hydroxyl groups is 1. The minimum Gasteiger partial charge on any atom is -0.396 e. The van der Waals surface area contributed by atoms with Crippen LogP contribution in [-0.4, -0.2) is 27.6 Å². The maximum absolute atomic E-state index is 12.1. The molecule has 0 fully saturated rings. The van der Waals surface area contributed by atoms with Crippen molar-refractivity contribution in [2.24, 2.45) is 5.92 Å². The molecule has 0 amide bonds. The smallest absolute Gasteiger partial charge is 0.396 e. The van der Waals surface area contributed by atoms with Crippen molar-refractivity contribution >= 4 is 16.7 Å². The first-order valence-electron chi connectivity index (χ1n) is 4.69. The Labute approximate surface area is 94.7 Å². The largest absolute Gasteiger partial charge is 0.452 e. The highest BCUT2D eigenvalue weighted by molar-refractivity contribution is 7.09. The molecule has 8 heteroatoms. The summed E-state index contributed by atoms with van der Waals surface area (Å²) in [7, 11) is 0. The third-order valence-electron chi connectivity index (χ3n) is 1.90.